The van der Waals surface area contributed by atoms with Crippen LogP contribution in [-0.4, -0.2) is 4.83 Å². The van der Waals surface area contributed by atoms with Gasteiger partial charge in [0.2, 0.25) is 0 Å². The van der Waals surface area contributed by atoms with Gasteiger partial charge in [-0.2, -0.15) is 0 Å². The number of alkyl halides is 1. The summed E-state index contributed by atoms with van der Waals surface area (Å²) in [5, 5.41) is 0. The van der Waals surface area contributed by atoms with Gasteiger partial charge >= 0.3 is 0 Å². The maximum absolute atomic E-state index is 13.3. The molecule has 0 saturated heterocycles. The molecule has 1 aliphatic carbocycles. The molecule has 1 aliphatic rings. The third-order valence-corrected chi connectivity index (χ3v) is 4.27. The lowest BCUT2D eigenvalue weighted by Crippen LogP contribution is -2.17. The Balaban J connectivity index is 2.27. The second kappa shape index (κ2) is 4.65. The Kier molecular flexibility index (Phi) is 3.45. The molecule has 1 fully saturated rings. The van der Waals surface area contributed by atoms with Crippen molar-refractivity contribution in [3.8, 4) is 0 Å². The van der Waals surface area contributed by atoms with Crippen LogP contribution in [0, 0.1) is 12.7 Å². The van der Waals surface area contributed by atoms with E-state index in [1.807, 2.05) is 6.92 Å². The highest BCUT2D eigenvalue weighted by molar-refractivity contribution is 9.09. The lowest BCUT2D eigenvalue weighted by atomic mass is 9.83. The minimum absolute atomic E-state index is 0.102. The standard InChI is InChI=1S/C13H16BrF/c1-9-6-10(8-11(15)7-9)12-4-2-3-5-13(12)14/h6-8,12-13H,2-5H2,1H3. The Morgan fingerprint density at radius 1 is 1.20 bits per heavy atom. The summed E-state index contributed by atoms with van der Waals surface area (Å²) in [6.07, 6.45) is 4.95. The molecule has 0 aliphatic heterocycles. The van der Waals surface area contributed by atoms with E-state index in [9.17, 15) is 4.39 Å². The Bertz CT molecular complexity index is 328. The van der Waals surface area contributed by atoms with Crippen LogP contribution in [0.15, 0.2) is 18.2 Å². The Morgan fingerprint density at radius 2 is 1.93 bits per heavy atom. The second-order valence-electron chi connectivity index (χ2n) is 4.47. The van der Waals surface area contributed by atoms with E-state index in [1.165, 1.54) is 25.7 Å². The highest BCUT2D eigenvalue weighted by atomic mass is 79.9. The predicted octanol–water partition coefficient (Wildman–Crippen LogP) is 4.56. The molecule has 82 valence electrons. The third kappa shape index (κ3) is 2.60. The summed E-state index contributed by atoms with van der Waals surface area (Å²) in [5.74, 6) is 0.392. The van der Waals surface area contributed by atoms with Crippen LogP contribution in [0.3, 0.4) is 0 Å². The normalized spacial score (nSPS) is 26.6. The highest BCUT2D eigenvalue weighted by Gasteiger charge is 2.24. The maximum atomic E-state index is 13.3. The average Bonchev–Trinajstić information content (AvgIpc) is 2.16. The van der Waals surface area contributed by atoms with Crippen molar-refractivity contribution in [3.05, 3.63) is 35.1 Å². The van der Waals surface area contributed by atoms with E-state index < -0.39 is 0 Å². The quantitative estimate of drug-likeness (QED) is 0.657. The van der Waals surface area contributed by atoms with Crippen molar-refractivity contribution in [2.75, 3.05) is 0 Å². The Labute approximate surface area is 99.0 Å². The molecule has 1 saturated carbocycles. The molecule has 0 N–H and O–H groups in total. The molecule has 0 spiro atoms. The summed E-state index contributed by atoms with van der Waals surface area (Å²) in [4.78, 5) is 0.521. The van der Waals surface area contributed by atoms with E-state index >= 15 is 0 Å². The van der Waals surface area contributed by atoms with E-state index in [4.69, 9.17) is 0 Å². The zero-order chi connectivity index (χ0) is 10.8. The van der Waals surface area contributed by atoms with Gasteiger partial charge in [0.15, 0.2) is 0 Å². The van der Waals surface area contributed by atoms with Crippen LogP contribution < -0.4 is 0 Å². The first-order valence-corrected chi connectivity index (χ1v) is 6.49. The summed E-state index contributed by atoms with van der Waals surface area (Å²) in [7, 11) is 0. The van der Waals surface area contributed by atoms with Gasteiger partial charge in [-0.1, -0.05) is 34.8 Å². The number of aryl methyl sites for hydroxylation is 1. The lowest BCUT2D eigenvalue weighted by Gasteiger charge is -2.28. The van der Waals surface area contributed by atoms with Crippen LogP contribution in [0.1, 0.15) is 42.7 Å². The fourth-order valence-electron chi connectivity index (χ4n) is 2.44. The summed E-state index contributed by atoms with van der Waals surface area (Å²) >= 11 is 3.72. The van der Waals surface area contributed by atoms with E-state index in [1.54, 1.807) is 12.1 Å². The zero-order valence-corrected chi connectivity index (χ0v) is 10.6. The van der Waals surface area contributed by atoms with Crippen molar-refractivity contribution in [2.45, 2.75) is 43.4 Å². The molecule has 0 bridgehead atoms. The predicted molar refractivity (Wildman–Crippen MR) is 65.1 cm³/mol. The number of hydrogen-bond acceptors (Lipinski definition) is 0. The Hall–Kier alpha value is -0.370. The lowest BCUT2D eigenvalue weighted by molar-refractivity contribution is 0.459. The molecule has 0 amide bonds. The van der Waals surface area contributed by atoms with E-state index in [-0.39, 0.29) is 5.82 Å². The first kappa shape index (κ1) is 11.1. The second-order valence-corrected chi connectivity index (χ2v) is 5.65. The number of halogens is 2. The molecule has 1 aromatic carbocycles. The monoisotopic (exact) mass is 270 g/mol. The molecule has 0 nitrogen and oxygen atoms in total. The van der Waals surface area contributed by atoms with Crippen molar-refractivity contribution < 1.29 is 4.39 Å². The van der Waals surface area contributed by atoms with Gasteiger partial charge in [0.25, 0.3) is 0 Å². The van der Waals surface area contributed by atoms with Gasteiger partial charge in [-0.15, -0.1) is 0 Å². The smallest absolute Gasteiger partial charge is 0.123 e. The molecule has 2 atom stereocenters. The van der Waals surface area contributed by atoms with Gasteiger partial charge in [0, 0.05) is 4.83 Å². The van der Waals surface area contributed by atoms with Crippen molar-refractivity contribution in [2.24, 2.45) is 0 Å². The fraction of sp³-hybridized carbons (Fsp3) is 0.538. The van der Waals surface area contributed by atoms with Crippen molar-refractivity contribution in [3.63, 3.8) is 0 Å². The van der Waals surface area contributed by atoms with E-state index in [0.717, 1.165) is 11.1 Å². The minimum atomic E-state index is -0.102. The van der Waals surface area contributed by atoms with Crippen molar-refractivity contribution in [1.82, 2.24) is 0 Å². The van der Waals surface area contributed by atoms with Crippen LogP contribution in [0.25, 0.3) is 0 Å². The van der Waals surface area contributed by atoms with Crippen LogP contribution in [0.2, 0.25) is 0 Å². The van der Waals surface area contributed by atoms with Crippen molar-refractivity contribution in [1.29, 1.82) is 0 Å². The van der Waals surface area contributed by atoms with Gasteiger partial charge in [0.1, 0.15) is 5.82 Å². The maximum Gasteiger partial charge on any atom is 0.123 e. The number of benzene rings is 1. The third-order valence-electron chi connectivity index (χ3n) is 3.17. The SMILES string of the molecule is Cc1cc(F)cc(C2CCCCC2Br)c1. The minimum Gasteiger partial charge on any atom is -0.207 e. The zero-order valence-electron chi connectivity index (χ0n) is 8.97. The molecule has 0 aromatic heterocycles. The summed E-state index contributed by atoms with van der Waals surface area (Å²) < 4.78 is 13.3. The molecular weight excluding hydrogens is 255 g/mol. The molecule has 0 heterocycles. The molecule has 2 unspecified atom stereocenters. The van der Waals surface area contributed by atoms with Crippen LogP contribution in [-0.2, 0) is 0 Å². The number of hydrogen-bond donors (Lipinski definition) is 0. The van der Waals surface area contributed by atoms with Gasteiger partial charge in [-0.3, -0.25) is 0 Å². The van der Waals surface area contributed by atoms with Gasteiger partial charge < -0.3 is 0 Å². The van der Waals surface area contributed by atoms with Crippen LogP contribution in [0.5, 0.6) is 0 Å². The summed E-state index contributed by atoms with van der Waals surface area (Å²) in [6, 6.07) is 5.40. The van der Waals surface area contributed by atoms with Crippen LogP contribution in [0.4, 0.5) is 4.39 Å². The van der Waals surface area contributed by atoms with Crippen molar-refractivity contribution >= 4 is 15.9 Å². The van der Waals surface area contributed by atoms with Gasteiger partial charge in [0.05, 0.1) is 0 Å². The summed E-state index contributed by atoms with van der Waals surface area (Å²) in [5.41, 5.74) is 2.18. The van der Waals surface area contributed by atoms with E-state index in [0.29, 0.717) is 10.7 Å². The van der Waals surface area contributed by atoms with Gasteiger partial charge in [-0.05, 0) is 48.9 Å². The molecule has 2 rings (SSSR count). The highest BCUT2D eigenvalue weighted by Crippen LogP contribution is 2.37. The van der Waals surface area contributed by atoms with E-state index in [2.05, 4.69) is 22.0 Å². The molecule has 0 radical (unpaired) electrons. The first-order chi connectivity index (χ1) is 7.16. The topological polar surface area (TPSA) is 0 Å². The first-order valence-electron chi connectivity index (χ1n) is 5.58. The Morgan fingerprint density at radius 3 is 2.60 bits per heavy atom. The largest absolute Gasteiger partial charge is 0.207 e. The van der Waals surface area contributed by atoms with Gasteiger partial charge in [-0.25, -0.2) is 4.39 Å². The summed E-state index contributed by atoms with van der Waals surface area (Å²) in [6.45, 7) is 1.96. The fourth-order valence-corrected chi connectivity index (χ4v) is 3.33. The number of rotatable bonds is 1. The van der Waals surface area contributed by atoms with Crippen LogP contribution >= 0.6 is 15.9 Å². The average molecular weight is 271 g/mol. The molecule has 15 heavy (non-hydrogen) atoms. The molecular formula is C13H16BrF. The molecule has 1 aromatic rings. The molecule has 2 heteroatoms.